The lowest BCUT2D eigenvalue weighted by atomic mass is 10.3. The van der Waals surface area contributed by atoms with Crippen LogP contribution in [0.25, 0.3) is 0 Å². The molecule has 0 radical (unpaired) electrons. The zero-order valence-electron chi connectivity index (χ0n) is 10.4. The van der Waals surface area contributed by atoms with Crippen LogP contribution in [0.4, 0.5) is 5.69 Å². The Morgan fingerprint density at radius 2 is 2.29 bits per heavy atom. The number of aromatic nitrogens is 2. The monoisotopic (exact) mass is 299 g/mol. The third-order valence-corrected chi connectivity index (χ3v) is 4.03. The first-order valence-corrected chi connectivity index (χ1v) is 6.81. The van der Waals surface area contributed by atoms with Crippen LogP contribution >= 0.6 is 15.9 Å². The van der Waals surface area contributed by atoms with E-state index in [0.717, 1.165) is 24.1 Å². The van der Waals surface area contributed by atoms with Gasteiger partial charge in [-0.05, 0) is 48.0 Å². The van der Waals surface area contributed by atoms with E-state index in [1.807, 2.05) is 13.8 Å². The average Bonchev–Trinajstić information content (AvgIpc) is 2.96. The summed E-state index contributed by atoms with van der Waals surface area (Å²) >= 11 is 3.35. The van der Waals surface area contributed by atoms with Crippen LogP contribution in [0.3, 0.4) is 0 Å². The predicted octanol–water partition coefficient (Wildman–Crippen LogP) is 2.65. The molecule has 1 heterocycles. The maximum Gasteiger partial charge on any atom is 0.283 e. The van der Waals surface area contributed by atoms with Crippen molar-refractivity contribution in [3.63, 3.8) is 0 Å². The Balaban J connectivity index is 2.13. The summed E-state index contributed by atoms with van der Waals surface area (Å²) in [7, 11) is 0. The van der Waals surface area contributed by atoms with Gasteiger partial charge in [0.05, 0.1) is 17.9 Å². The summed E-state index contributed by atoms with van der Waals surface area (Å²) in [6.07, 6.45) is 3.00. The van der Waals surface area contributed by atoms with Crippen LogP contribution in [-0.4, -0.2) is 16.3 Å². The fourth-order valence-electron chi connectivity index (χ4n) is 1.86. The molecule has 1 N–H and O–H groups in total. The van der Waals surface area contributed by atoms with Crippen LogP contribution in [0.2, 0.25) is 0 Å². The molecule has 4 nitrogen and oxygen atoms in total. The summed E-state index contributed by atoms with van der Waals surface area (Å²) < 4.78 is 2.06. The van der Waals surface area contributed by atoms with Crippen molar-refractivity contribution in [2.24, 2.45) is 11.8 Å². The molecule has 0 aromatic carbocycles. The van der Waals surface area contributed by atoms with Gasteiger partial charge in [0.1, 0.15) is 4.47 Å². The van der Waals surface area contributed by atoms with Gasteiger partial charge in [0.25, 0.3) is 5.56 Å². The summed E-state index contributed by atoms with van der Waals surface area (Å²) in [5.41, 5.74) is 0.722. The van der Waals surface area contributed by atoms with Crippen molar-refractivity contribution in [1.82, 2.24) is 9.78 Å². The first-order valence-electron chi connectivity index (χ1n) is 6.02. The average molecular weight is 300 g/mol. The summed E-state index contributed by atoms with van der Waals surface area (Å²) in [5, 5.41) is 7.46. The molecule has 1 aliphatic carbocycles. The first kappa shape index (κ1) is 12.6. The Morgan fingerprint density at radius 3 is 2.82 bits per heavy atom. The Labute approximate surface area is 110 Å². The quantitative estimate of drug-likeness (QED) is 0.930. The van der Waals surface area contributed by atoms with Gasteiger partial charge in [0.2, 0.25) is 0 Å². The number of anilines is 1. The van der Waals surface area contributed by atoms with E-state index < -0.39 is 0 Å². The predicted molar refractivity (Wildman–Crippen MR) is 72.3 cm³/mol. The smallest absolute Gasteiger partial charge is 0.283 e. The zero-order valence-corrected chi connectivity index (χ0v) is 12.0. The molecule has 0 aliphatic heterocycles. The van der Waals surface area contributed by atoms with E-state index in [9.17, 15) is 4.79 Å². The van der Waals surface area contributed by atoms with E-state index in [4.69, 9.17) is 0 Å². The van der Waals surface area contributed by atoms with Gasteiger partial charge >= 0.3 is 0 Å². The summed E-state index contributed by atoms with van der Waals surface area (Å²) in [4.78, 5) is 12.0. The van der Waals surface area contributed by atoms with Crippen LogP contribution in [-0.2, 0) is 0 Å². The van der Waals surface area contributed by atoms with Crippen molar-refractivity contribution >= 4 is 21.6 Å². The highest BCUT2D eigenvalue weighted by Crippen LogP contribution is 2.37. The molecule has 1 aliphatic rings. The zero-order chi connectivity index (χ0) is 12.6. The standard InChI is InChI=1S/C12H18BrN3O/c1-7(2)16-12(17)11(13)10(6-15-16)14-5-9-4-8(9)3/h6-9,14H,4-5H2,1-3H3. The van der Waals surface area contributed by atoms with Crippen molar-refractivity contribution in [2.75, 3.05) is 11.9 Å². The number of rotatable bonds is 4. The van der Waals surface area contributed by atoms with Gasteiger partial charge in [-0.1, -0.05) is 6.92 Å². The van der Waals surface area contributed by atoms with E-state index >= 15 is 0 Å². The molecule has 0 saturated heterocycles. The lowest BCUT2D eigenvalue weighted by Gasteiger charge is -2.12. The molecule has 1 saturated carbocycles. The van der Waals surface area contributed by atoms with Crippen molar-refractivity contribution in [3.05, 3.63) is 21.0 Å². The van der Waals surface area contributed by atoms with Crippen LogP contribution < -0.4 is 10.9 Å². The number of nitrogens with zero attached hydrogens (tertiary/aromatic N) is 2. The molecule has 94 valence electrons. The largest absolute Gasteiger partial charge is 0.382 e. The molecule has 0 amide bonds. The van der Waals surface area contributed by atoms with Crippen LogP contribution in [0.5, 0.6) is 0 Å². The highest BCUT2D eigenvalue weighted by atomic mass is 79.9. The minimum absolute atomic E-state index is 0.0751. The fraction of sp³-hybridized carbons (Fsp3) is 0.667. The summed E-state index contributed by atoms with van der Waals surface area (Å²) in [5.74, 6) is 1.56. The molecule has 0 spiro atoms. The maximum absolute atomic E-state index is 12.0. The molecule has 2 rings (SSSR count). The summed E-state index contributed by atoms with van der Waals surface area (Å²) in [6.45, 7) is 7.06. The molecule has 2 unspecified atom stereocenters. The van der Waals surface area contributed by atoms with Gasteiger partial charge in [-0.2, -0.15) is 5.10 Å². The lowest BCUT2D eigenvalue weighted by molar-refractivity contribution is 0.501. The van der Waals surface area contributed by atoms with Crippen LogP contribution in [0.1, 0.15) is 33.2 Å². The molecule has 5 heteroatoms. The van der Waals surface area contributed by atoms with E-state index in [-0.39, 0.29) is 11.6 Å². The lowest BCUT2D eigenvalue weighted by Crippen LogP contribution is -2.26. The van der Waals surface area contributed by atoms with Crippen molar-refractivity contribution in [2.45, 2.75) is 33.2 Å². The first-order chi connectivity index (χ1) is 8.00. The molecule has 17 heavy (non-hydrogen) atoms. The Hall–Kier alpha value is -0.840. The molecule has 2 atom stereocenters. The molecular weight excluding hydrogens is 282 g/mol. The van der Waals surface area contributed by atoms with Gasteiger partial charge < -0.3 is 5.32 Å². The SMILES string of the molecule is CC1CC1CNc1cnn(C(C)C)c(=O)c1Br. The fourth-order valence-corrected chi connectivity index (χ4v) is 2.28. The minimum Gasteiger partial charge on any atom is -0.382 e. The normalized spacial score (nSPS) is 22.9. The molecule has 1 fully saturated rings. The molecule has 1 aromatic rings. The molecular formula is C12H18BrN3O. The maximum atomic E-state index is 12.0. The van der Waals surface area contributed by atoms with Crippen molar-refractivity contribution in [3.8, 4) is 0 Å². The molecule has 0 bridgehead atoms. The second kappa shape index (κ2) is 4.80. The highest BCUT2D eigenvalue weighted by Gasteiger charge is 2.32. The number of hydrogen-bond donors (Lipinski definition) is 1. The van der Waals surface area contributed by atoms with E-state index in [1.54, 1.807) is 6.20 Å². The van der Waals surface area contributed by atoms with Gasteiger partial charge in [-0.15, -0.1) is 0 Å². The highest BCUT2D eigenvalue weighted by molar-refractivity contribution is 9.10. The summed E-state index contributed by atoms with van der Waals surface area (Å²) in [6, 6.07) is 0.0799. The molecule has 1 aromatic heterocycles. The van der Waals surface area contributed by atoms with E-state index in [2.05, 4.69) is 33.3 Å². The Bertz CT molecular complexity index is 469. The topological polar surface area (TPSA) is 46.9 Å². The van der Waals surface area contributed by atoms with Crippen LogP contribution in [0, 0.1) is 11.8 Å². The van der Waals surface area contributed by atoms with Crippen LogP contribution in [0.15, 0.2) is 15.5 Å². The Morgan fingerprint density at radius 1 is 1.65 bits per heavy atom. The Kier molecular flexibility index (Phi) is 3.56. The second-order valence-corrected chi connectivity index (χ2v) is 5.86. The second-order valence-electron chi connectivity index (χ2n) is 5.07. The van der Waals surface area contributed by atoms with Gasteiger partial charge in [-0.3, -0.25) is 4.79 Å². The number of hydrogen-bond acceptors (Lipinski definition) is 3. The number of halogens is 1. The van der Waals surface area contributed by atoms with Crippen molar-refractivity contribution in [1.29, 1.82) is 0 Å². The van der Waals surface area contributed by atoms with Gasteiger partial charge in [0.15, 0.2) is 0 Å². The van der Waals surface area contributed by atoms with Crippen molar-refractivity contribution < 1.29 is 0 Å². The van der Waals surface area contributed by atoms with E-state index in [1.165, 1.54) is 11.1 Å². The van der Waals surface area contributed by atoms with Gasteiger partial charge in [0, 0.05) is 6.54 Å². The minimum atomic E-state index is -0.0751. The number of nitrogens with one attached hydrogen (secondary N) is 1. The van der Waals surface area contributed by atoms with Gasteiger partial charge in [-0.25, -0.2) is 4.68 Å². The third kappa shape index (κ3) is 2.70. The third-order valence-electron chi connectivity index (χ3n) is 3.26. The van der Waals surface area contributed by atoms with E-state index in [0.29, 0.717) is 4.47 Å².